The van der Waals surface area contributed by atoms with Crippen LogP contribution in [0.15, 0.2) is 24.3 Å². The van der Waals surface area contributed by atoms with Crippen LogP contribution in [0.5, 0.6) is 0 Å². The molecule has 0 radical (unpaired) electrons. The SMILES string of the molecule is CC(C)c1ccc(C#CCC=O)cc1. The van der Waals surface area contributed by atoms with Crippen LogP contribution in [0.1, 0.15) is 37.3 Å². The highest BCUT2D eigenvalue weighted by molar-refractivity contribution is 5.55. The van der Waals surface area contributed by atoms with Crippen LogP contribution in [0.2, 0.25) is 0 Å². The molecule has 0 bridgehead atoms. The molecule has 0 aromatic heterocycles. The predicted molar refractivity (Wildman–Crippen MR) is 58.1 cm³/mol. The monoisotopic (exact) mass is 186 g/mol. The average Bonchev–Trinajstić information content (AvgIpc) is 2.19. The number of aldehydes is 1. The summed E-state index contributed by atoms with van der Waals surface area (Å²) in [4.78, 5) is 10.0. The first-order valence-electron chi connectivity index (χ1n) is 4.76. The molecule has 0 atom stereocenters. The number of hydrogen-bond acceptors (Lipinski definition) is 1. The molecular weight excluding hydrogens is 172 g/mol. The minimum atomic E-state index is 0.311. The predicted octanol–water partition coefficient (Wildman–Crippen LogP) is 2.75. The van der Waals surface area contributed by atoms with Gasteiger partial charge >= 0.3 is 0 Å². The lowest BCUT2D eigenvalue weighted by Gasteiger charge is -2.03. The van der Waals surface area contributed by atoms with Crippen molar-refractivity contribution in [1.82, 2.24) is 0 Å². The molecule has 0 N–H and O–H groups in total. The first kappa shape index (κ1) is 10.5. The summed E-state index contributed by atoms with van der Waals surface area (Å²) in [5, 5.41) is 0. The Kier molecular flexibility index (Phi) is 3.94. The van der Waals surface area contributed by atoms with E-state index in [-0.39, 0.29) is 0 Å². The van der Waals surface area contributed by atoms with Crippen molar-refractivity contribution in [3.05, 3.63) is 35.4 Å². The topological polar surface area (TPSA) is 17.1 Å². The second-order valence-electron chi connectivity index (χ2n) is 3.45. The fraction of sp³-hybridized carbons (Fsp3) is 0.308. The number of rotatable bonds is 2. The summed E-state index contributed by atoms with van der Waals surface area (Å²) in [7, 11) is 0. The van der Waals surface area contributed by atoms with Gasteiger partial charge in [0.15, 0.2) is 0 Å². The van der Waals surface area contributed by atoms with E-state index in [4.69, 9.17) is 0 Å². The van der Waals surface area contributed by atoms with Gasteiger partial charge in [0, 0.05) is 5.56 Å². The van der Waals surface area contributed by atoms with Gasteiger partial charge in [-0.1, -0.05) is 37.8 Å². The number of benzene rings is 1. The molecule has 0 aliphatic heterocycles. The fourth-order valence-electron chi connectivity index (χ4n) is 1.15. The van der Waals surface area contributed by atoms with E-state index in [1.807, 2.05) is 12.1 Å². The van der Waals surface area contributed by atoms with Gasteiger partial charge in [-0.2, -0.15) is 0 Å². The van der Waals surface area contributed by atoms with E-state index in [1.165, 1.54) is 5.56 Å². The molecule has 0 fully saturated rings. The van der Waals surface area contributed by atoms with Crippen molar-refractivity contribution in [3.63, 3.8) is 0 Å². The summed E-state index contributed by atoms with van der Waals surface area (Å²) in [6.45, 7) is 4.32. The van der Waals surface area contributed by atoms with Crippen LogP contribution >= 0.6 is 0 Å². The van der Waals surface area contributed by atoms with Crippen molar-refractivity contribution in [2.75, 3.05) is 0 Å². The van der Waals surface area contributed by atoms with Gasteiger partial charge < -0.3 is 4.79 Å². The third-order valence-electron chi connectivity index (χ3n) is 2.00. The summed E-state index contributed by atoms with van der Waals surface area (Å²) in [6.07, 6.45) is 1.13. The Morgan fingerprint density at radius 2 is 1.93 bits per heavy atom. The molecule has 0 saturated heterocycles. The zero-order valence-corrected chi connectivity index (χ0v) is 8.58. The molecule has 1 rings (SSSR count). The van der Waals surface area contributed by atoms with Crippen LogP contribution < -0.4 is 0 Å². The van der Waals surface area contributed by atoms with Crippen molar-refractivity contribution < 1.29 is 4.79 Å². The van der Waals surface area contributed by atoms with Crippen LogP contribution in [-0.2, 0) is 4.79 Å². The molecule has 0 heterocycles. The van der Waals surface area contributed by atoms with Crippen LogP contribution in [0.4, 0.5) is 0 Å². The van der Waals surface area contributed by atoms with Crippen molar-refractivity contribution >= 4 is 6.29 Å². The minimum absolute atomic E-state index is 0.311. The number of carbonyl (C=O) groups excluding carboxylic acids is 1. The molecule has 1 nitrogen and oxygen atoms in total. The second-order valence-corrected chi connectivity index (χ2v) is 3.45. The van der Waals surface area contributed by atoms with Gasteiger partial charge in [-0.15, -0.1) is 0 Å². The summed E-state index contributed by atoms with van der Waals surface area (Å²) in [6, 6.07) is 8.14. The molecule has 0 amide bonds. The van der Waals surface area contributed by atoms with Crippen molar-refractivity contribution in [2.45, 2.75) is 26.2 Å². The molecule has 0 saturated carbocycles. The molecule has 0 spiro atoms. The van der Waals surface area contributed by atoms with Gasteiger partial charge in [0.05, 0.1) is 6.42 Å². The number of hydrogen-bond donors (Lipinski definition) is 0. The molecule has 0 unspecified atom stereocenters. The maximum atomic E-state index is 10.0. The lowest BCUT2D eigenvalue weighted by atomic mass is 10.0. The van der Waals surface area contributed by atoms with Gasteiger partial charge in [-0.25, -0.2) is 0 Å². The fourth-order valence-corrected chi connectivity index (χ4v) is 1.15. The highest BCUT2D eigenvalue weighted by Crippen LogP contribution is 2.13. The van der Waals surface area contributed by atoms with Gasteiger partial charge in [0.1, 0.15) is 6.29 Å². The smallest absolute Gasteiger partial charge is 0.131 e. The van der Waals surface area contributed by atoms with E-state index in [1.54, 1.807) is 0 Å². The van der Waals surface area contributed by atoms with Crippen molar-refractivity contribution in [3.8, 4) is 11.8 Å². The maximum Gasteiger partial charge on any atom is 0.131 e. The van der Waals surface area contributed by atoms with Crippen LogP contribution in [0.25, 0.3) is 0 Å². The molecule has 1 aromatic rings. The first-order valence-corrected chi connectivity index (χ1v) is 4.76. The summed E-state index contributed by atoms with van der Waals surface area (Å²) >= 11 is 0. The lowest BCUT2D eigenvalue weighted by Crippen LogP contribution is -1.86. The largest absolute Gasteiger partial charge is 0.302 e. The van der Waals surface area contributed by atoms with Crippen molar-refractivity contribution in [2.24, 2.45) is 0 Å². The summed E-state index contributed by atoms with van der Waals surface area (Å²) < 4.78 is 0. The Morgan fingerprint density at radius 3 is 2.43 bits per heavy atom. The third-order valence-corrected chi connectivity index (χ3v) is 2.00. The van der Waals surface area contributed by atoms with Crippen molar-refractivity contribution in [1.29, 1.82) is 0 Å². The van der Waals surface area contributed by atoms with E-state index in [0.717, 1.165) is 11.8 Å². The van der Waals surface area contributed by atoms with E-state index >= 15 is 0 Å². The quantitative estimate of drug-likeness (QED) is 0.512. The second kappa shape index (κ2) is 5.24. The molecule has 14 heavy (non-hydrogen) atoms. The van der Waals surface area contributed by atoms with Crippen LogP contribution in [-0.4, -0.2) is 6.29 Å². The van der Waals surface area contributed by atoms with E-state index < -0.39 is 0 Å². The molecule has 1 heteroatoms. The Bertz CT molecular complexity index is 349. The van der Waals surface area contributed by atoms with Gasteiger partial charge in [-0.05, 0) is 23.6 Å². The standard InChI is InChI=1S/C13H14O/c1-11(2)13-8-6-12(7-9-13)5-3-4-10-14/h6-11H,4H2,1-2H3. The molecule has 72 valence electrons. The Hall–Kier alpha value is -1.55. The molecular formula is C13H14O. The average molecular weight is 186 g/mol. The zero-order chi connectivity index (χ0) is 10.4. The normalized spacial score (nSPS) is 9.36. The Labute approximate surface area is 85.1 Å². The van der Waals surface area contributed by atoms with E-state index in [0.29, 0.717) is 12.3 Å². The van der Waals surface area contributed by atoms with Gasteiger partial charge in [0.2, 0.25) is 0 Å². The van der Waals surface area contributed by atoms with Gasteiger partial charge in [0.25, 0.3) is 0 Å². The van der Waals surface area contributed by atoms with Crippen LogP contribution in [0.3, 0.4) is 0 Å². The van der Waals surface area contributed by atoms with Gasteiger partial charge in [-0.3, -0.25) is 0 Å². The zero-order valence-electron chi connectivity index (χ0n) is 8.58. The Morgan fingerprint density at radius 1 is 1.29 bits per heavy atom. The summed E-state index contributed by atoms with van der Waals surface area (Å²) in [5.74, 6) is 6.26. The third kappa shape index (κ3) is 3.06. The highest BCUT2D eigenvalue weighted by Gasteiger charge is 1.96. The number of carbonyl (C=O) groups is 1. The van der Waals surface area contributed by atoms with Crippen LogP contribution in [0, 0.1) is 11.8 Å². The van der Waals surface area contributed by atoms with E-state index in [2.05, 4.69) is 37.8 Å². The summed E-state index contributed by atoms with van der Waals surface area (Å²) in [5.41, 5.74) is 2.28. The first-order chi connectivity index (χ1) is 6.74. The molecule has 0 aliphatic carbocycles. The Balaban J connectivity index is 2.75. The molecule has 1 aromatic carbocycles. The lowest BCUT2D eigenvalue weighted by molar-refractivity contribution is -0.107. The molecule has 0 aliphatic rings. The maximum absolute atomic E-state index is 10.0. The minimum Gasteiger partial charge on any atom is -0.302 e. The highest BCUT2D eigenvalue weighted by atomic mass is 16.1. The van der Waals surface area contributed by atoms with E-state index in [9.17, 15) is 4.79 Å².